The molecule has 7 rings (SSSR count). The lowest BCUT2D eigenvalue weighted by Crippen LogP contribution is -2.70. The molecule has 2 aromatic heterocycles. The summed E-state index contributed by atoms with van der Waals surface area (Å²) in [7, 11) is 0. The van der Waals surface area contributed by atoms with Crippen LogP contribution in [0.4, 0.5) is 5.95 Å². The fraction of sp³-hybridized carbons (Fsp3) is 0.400. The van der Waals surface area contributed by atoms with Crippen molar-refractivity contribution in [1.82, 2.24) is 19.5 Å². The van der Waals surface area contributed by atoms with Crippen molar-refractivity contribution in [3.8, 4) is 23.8 Å². The van der Waals surface area contributed by atoms with E-state index in [1.807, 2.05) is 32.0 Å². The number of hydrogen-bond donors (Lipinski definition) is 1. The third-order valence-electron chi connectivity index (χ3n) is 7.02. The maximum absolute atomic E-state index is 9.35. The first-order chi connectivity index (χ1) is 16.4. The molecule has 3 saturated carbocycles. The molecule has 4 aliphatic rings. The van der Waals surface area contributed by atoms with Crippen molar-refractivity contribution in [2.24, 2.45) is 5.41 Å². The van der Waals surface area contributed by atoms with Crippen LogP contribution in [0.2, 0.25) is 0 Å². The Balaban J connectivity index is 1.41. The van der Waals surface area contributed by atoms with Crippen LogP contribution in [0.15, 0.2) is 18.2 Å². The number of nitriles is 2. The molecule has 1 N–H and O–H groups in total. The molecule has 9 nitrogen and oxygen atoms in total. The highest BCUT2D eigenvalue weighted by atomic mass is 16.5. The smallest absolute Gasteiger partial charge is 0.250 e. The van der Waals surface area contributed by atoms with E-state index in [-0.39, 0.29) is 11.0 Å². The van der Waals surface area contributed by atoms with E-state index in [2.05, 4.69) is 16.0 Å². The second-order valence-corrected chi connectivity index (χ2v) is 9.63. The Bertz CT molecular complexity index is 1410. The quantitative estimate of drug-likeness (QED) is 0.572. The summed E-state index contributed by atoms with van der Waals surface area (Å²) in [5.41, 5.74) is 3.86. The normalized spacial score (nSPS) is 24.6. The molecule has 1 aliphatic heterocycles. The minimum Gasteiger partial charge on any atom is -0.436 e. The lowest BCUT2D eigenvalue weighted by Gasteiger charge is -2.66. The summed E-state index contributed by atoms with van der Waals surface area (Å²) in [5.74, 6) is 2.43. The van der Waals surface area contributed by atoms with Gasteiger partial charge in [-0.25, -0.2) is 4.98 Å². The Morgan fingerprint density at radius 1 is 1.15 bits per heavy atom. The second-order valence-electron chi connectivity index (χ2n) is 9.63. The summed E-state index contributed by atoms with van der Waals surface area (Å²) < 4.78 is 14.1. The van der Waals surface area contributed by atoms with Crippen molar-refractivity contribution in [2.75, 3.05) is 11.9 Å². The number of aromatic nitrogens is 4. The molecule has 1 aromatic carbocycles. The molecule has 0 unspecified atom stereocenters. The number of anilines is 1. The molecule has 3 aromatic rings. The van der Waals surface area contributed by atoms with Gasteiger partial charge in [-0.2, -0.15) is 20.5 Å². The monoisotopic (exact) mass is 453 g/mol. The van der Waals surface area contributed by atoms with Gasteiger partial charge < -0.3 is 19.4 Å². The SMILES string of the molecule is Cc1cc(/C=C/C#N)cc(C)c1Oc1nc(NC23CC(C#N)(C2)C3)nc2nc3n(c12)CCOC3. The van der Waals surface area contributed by atoms with Gasteiger partial charge in [0.15, 0.2) is 11.2 Å². The van der Waals surface area contributed by atoms with Gasteiger partial charge in [-0.05, 0) is 68.0 Å². The van der Waals surface area contributed by atoms with Crippen LogP contribution in [0.3, 0.4) is 0 Å². The van der Waals surface area contributed by atoms with Crippen LogP contribution in [0.25, 0.3) is 17.2 Å². The maximum atomic E-state index is 9.35. The van der Waals surface area contributed by atoms with E-state index in [0.717, 1.165) is 53.0 Å². The van der Waals surface area contributed by atoms with Crippen LogP contribution >= 0.6 is 0 Å². The highest BCUT2D eigenvalue weighted by Gasteiger charge is 2.69. The van der Waals surface area contributed by atoms with Gasteiger partial charge in [0.25, 0.3) is 5.88 Å². The molecule has 0 amide bonds. The molecule has 3 fully saturated rings. The number of ether oxygens (including phenoxy) is 2. The molecule has 34 heavy (non-hydrogen) atoms. The zero-order valence-corrected chi connectivity index (χ0v) is 19.1. The fourth-order valence-corrected chi connectivity index (χ4v) is 5.59. The molecule has 0 saturated heterocycles. The highest BCUT2D eigenvalue weighted by Crippen LogP contribution is 2.67. The summed E-state index contributed by atoms with van der Waals surface area (Å²) in [5, 5.41) is 21.7. The van der Waals surface area contributed by atoms with E-state index in [9.17, 15) is 5.26 Å². The first kappa shape index (κ1) is 20.6. The number of rotatable bonds is 5. The number of aryl methyl sites for hydroxylation is 2. The van der Waals surface area contributed by atoms with Gasteiger partial charge in [0.2, 0.25) is 5.95 Å². The Kier molecular flexibility index (Phi) is 4.42. The van der Waals surface area contributed by atoms with Gasteiger partial charge in [0.05, 0.1) is 24.2 Å². The van der Waals surface area contributed by atoms with Crippen molar-refractivity contribution >= 4 is 23.2 Å². The van der Waals surface area contributed by atoms with Gasteiger partial charge in [0, 0.05) is 18.2 Å². The topological polar surface area (TPSA) is 122 Å². The molecule has 2 bridgehead atoms. The largest absolute Gasteiger partial charge is 0.436 e. The summed E-state index contributed by atoms with van der Waals surface area (Å²) >= 11 is 0. The molecule has 0 atom stereocenters. The summed E-state index contributed by atoms with van der Waals surface area (Å²) in [6.45, 7) is 5.63. The van der Waals surface area contributed by atoms with E-state index >= 15 is 0 Å². The lowest BCUT2D eigenvalue weighted by atomic mass is 9.40. The average molecular weight is 454 g/mol. The predicted molar refractivity (Wildman–Crippen MR) is 124 cm³/mol. The zero-order chi connectivity index (χ0) is 23.5. The summed E-state index contributed by atoms with van der Waals surface area (Å²) in [6.07, 6.45) is 5.69. The highest BCUT2D eigenvalue weighted by molar-refractivity contribution is 5.79. The van der Waals surface area contributed by atoms with Crippen molar-refractivity contribution in [1.29, 1.82) is 10.5 Å². The minimum absolute atomic E-state index is 0.107. The molecule has 3 heterocycles. The standard InChI is InChI=1S/C25H23N7O2/c1-15-8-17(4-3-5-26)9-16(2)20(15)34-22-19-21(28-18-10-33-7-6-32(18)19)29-23(30-22)31-25-11-24(12-25,13-25)14-27/h3-4,8-9H,6-7,10-13H2,1-2H3,(H,29,30,31)/b4-3+. The average Bonchev–Trinajstić information content (AvgIpc) is 3.14. The molecule has 0 spiro atoms. The van der Waals surface area contributed by atoms with Gasteiger partial charge in [0.1, 0.15) is 18.2 Å². The minimum atomic E-state index is -0.169. The predicted octanol–water partition coefficient (Wildman–Crippen LogP) is 4.16. The first-order valence-corrected chi connectivity index (χ1v) is 11.3. The number of nitrogens with one attached hydrogen (secondary N) is 1. The molecule has 0 radical (unpaired) electrons. The van der Waals surface area contributed by atoms with Crippen molar-refractivity contribution in [3.05, 3.63) is 40.7 Å². The van der Waals surface area contributed by atoms with E-state index in [4.69, 9.17) is 29.7 Å². The number of allylic oxidation sites excluding steroid dienone is 1. The number of nitrogens with zero attached hydrogens (tertiary/aromatic N) is 6. The van der Waals surface area contributed by atoms with Crippen molar-refractivity contribution < 1.29 is 9.47 Å². The Morgan fingerprint density at radius 3 is 2.62 bits per heavy atom. The second kappa shape index (κ2) is 7.28. The van der Waals surface area contributed by atoms with E-state index in [1.165, 1.54) is 6.08 Å². The van der Waals surface area contributed by atoms with E-state index in [0.29, 0.717) is 37.2 Å². The van der Waals surface area contributed by atoms with E-state index < -0.39 is 0 Å². The third-order valence-corrected chi connectivity index (χ3v) is 7.02. The van der Waals surface area contributed by atoms with E-state index in [1.54, 1.807) is 6.08 Å². The molecule has 3 aliphatic carbocycles. The van der Waals surface area contributed by atoms with Crippen molar-refractivity contribution in [3.63, 3.8) is 0 Å². The maximum Gasteiger partial charge on any atom is 0.250 e. The first-order valence-electron chi connectivity index (χ1n) is 11.3. The van der Waals surface area contributed by atoms with Gasteiger partial charge in [-0.3, -0.25) is 0 Å². The number of fused-ring (bicyclic) bond motifs is 3. The van der Waals surface area contributed by atoms with Gasteiger partial charge in [-0.15, -0.1) is 0 Å². The van der Waals surface area contributed by atoms with Crippen molar-refractivity contribution in [2.45, 2.75) is 51.8 Å². The Labute approximate surface area is 196 Å². The number of benzene rings is 1. The van der Waals surface area contributed by atoms with Crippen LogP contribution in [-0.4, -0.2) is 31.7 Å². The van der Waals surface area contributed by atoms with Crippen LogP contribution < -0.4 is 10.1 Å². The fourth-order valence-electron chi connectivity index (χ4n) is 5.59. The third kappa shape index (κ3) is 3.12. The van der Waals surface area contributed by atoms with Crippen LogP contribution in [0.1, 0.15) is 41.8 Å². The lowest BCUT2D eigenvalue weighted by molar-refractivity contribution is -0.0665. The molecule has 9 heteroatoms. The summed E-state index contributed by atoms with van der Waals surface area (Å²) in [4.78, 5) is 14.2. The Hall–Kier alpha value is -3.95. The number of hydrogen-bond acceptors (Lipinski definition) is 8. The molecular formula is C25H23N7O2. The van der Waals surface area contributed by atoms with Gasteiger partial charge in [-0.1, -0.05) is 0 Å². The summed E-state index contributed by atoms with van der Waals surface area (Å²) in [6, 6.07) is 8.42. The molecular weight excluding hydrogens is 430 g/mol. The van der Waals surface area contributed by atoms with Gasteiger partial charge >= 0.3 is 0 Å². The van der Waals surface area contributed by atoms with Crippen LogP contribution in [0.5, 0.6) is 11.6 Å². The zero-order valence-electron chi connectivity index (χ0n) is 19.1. The molecule has 170 valence electrons. The van der Waals surface area contributed by atoms with Crippen LogP contribution in [-0.2, 0) is 17.9 Å². The Morgan fingerprint density at radius 2 is 1.91 bits per heavy atom. The number of imidazole rings is 1. The van der Waals surface area contributed by atoms with Crippen LogP contribution in [0, 0.1) is 41.9 Å².